The molecular weight excluding hydrogens is 285 g/mol. The number of halogens is 1. The summed E-state index contributed by atoms with van der Waals surface area (Å²) in [5, 5.41) is 0. The molecule has 1 atom stereocenters. The van der Waals surface area contributed by atoms with Gasteiger partial charge in [-0.2, -0.15) is 0 Å². The number of hydrogen-bond acceptors (Lipinski definition) is 3. The van der Waals surface area contributed by atoms with E-state index in [1.54, 1.807) is 6.07 Å². The SMILES string of the molecule is CCC1CN(C)CCCN1Cc1ccc(F)c(C(N)=S)c1. The predicted molar refractivity (Wildman–Crippen MR) is 88.9 cm³/mol. The highest BCUT2D eigenvalue weighted by Crippen LogP contribution is 2.18. The van der Waals surface area contributed by atoms with Crippen molar-refractivity contribution in [2.45, 2.75) is 32.4 Å². The van der Waals surface area contributed by atoms with Gasteiger partial charge in [-0.3, -0.25) is 4.90 Å². The molecule has 1 heterocycles. The van der Waals surface area contributed by atoms with E-state index < -0.39 is 0 Å². The van der Waals surface area contributed by atoms with Crippen molar-refractivity contribution in [1.82, 2.24) is 9.80 Å². The maximum atomic E-state index is 13.7. The molecule has 1 unspecified atom stereocenters. The van der Waals surface area contributed by atoms with Crippen molar-refractivity contribution in [2.24, 2.45) is 5.73 Å². The summed E-state index contributed by atoms with van der Waals surface area (Å²) in [7, 11) is 2.18. The van der Waals surface area contributed by atoms with Crippen molar-refractivity contribution in [3.8, 4) is 0 Å². The first-order valence-corrected chi connectivity index (χ1v) is 7.93. The summed E-state index contributed by atoms with van der Waals surface area (Å²) in [6.45, 7) is 6.33. The largest absolute Gasteiger partial charge is 0.389 e. The second kappa shape index (κ2) is 7.29. The maximum Gasteiger partial charge on any atom is 0.133 e. The van der Waals surface area contributed by atoms with Gasteiger partial charge >= 0.3 is 0 Å². The second-order valence-electron chi connectivity index (χ2n) is 5.83. The van der Waals surface area contributed by atoms with Crippen molar-refractivity contribution in [3.05, 3.63) is 35.1 Å². The number of hydrogen-bond donors (Lipinski definition) is 1. The molecule has 116 valence electrons. The number of thiocarbonyl (C=S) groups is 1. The number of nitrogens with two attached hydrogens (primary N) is 1. The summed E-state index contributed by atoms with van der Waals surface area (Å²) in [6.07, 6.45) is 2.28. The molecule has 1 aliphatic rings. The minimum Gasteiger partial charge on any atom is -0.389 e. The molecule has 1 saturated heterocycles. The predicted octanol–water partition coefficient (Wildman–Crippen LogP) is 2.38. The van der Waals surface area contributed by atoms with E-state index in [0.717, 1.165) is 44.6 Å². The topological polar surface area (TPSA) is 32.5 Å². The first kappa shape index (κ1) is 16.3. The first-order valence-electron chi connectivity index (χ1n) is 7.52. The third-order valence-electron chi connectivity index (χ3n) is 4.18. The Hall–Kier alpha value is -1.04. The normalized spacial score (nSPS) is 21.2. The monoisotopic (exact) mass is 309 g/mol. The summed E-state index contributed by atoms with van der Waals surface area (Å²) in [4.78, 5) is 5.00. The van der Waals surface area contributed by atoms with Gasteiger partial charge in [0.25, 0.3) is 0 Å². The van der Waals surface area contributed by atoms with Crippen LogP contribution in [0.4, 0.5) is 4.39 Å². The van der Waals surface area contributed by atoms with Crippen molar-refractivity contribution < 1.29 is 4.39 Å². The van der Waals surface area contributed by atoms with Gasteiger partial charge in [0.1, 0.15) is 10.8 Å². The first-order chi connectivity index (χ1) is 10.0. The fourth-order valence-electron chi connectivity index (χ4n) is 2.98. The highest BCUT2D eigenvalue weighted by molar-refractivity contribution is 7.80. The Labute approximate surface area is 131 Å². The zero-order valence-corrected chi connectivity index (χ0v) is 13.6. The van der Waals surface area contributed by atoms with Crippen LogP contribution in [0.5, 0.6) is 0 Å². The van der Waals surface area contributed by atoms with E-state index in [9.17, 15) is 4.39 Å². The van der Waals surface area contributed by atoms with Gasteiger partial charge in [0.2, 0.25) is 0 Å². The Bertz CT molecular complexity index is 506. The Balaban J connectivity index is 2.15. The van der Waals surface area contributed by atoms with Gasteiger partial charge in [-0.05, 0) is 44.1 Å². The highest BCUT2D eigenvalue weighted by Gasteiger charge is 2.22. The number of rotatable bonds is 4. The van der Waals surface area contributed by atoms with Gasteiger partial charge in [-0.15, -0.1) is 0 Å². The van der Waals surface area contributed by atoms with E-state index in [-0.39, 0.29) is 10.8 Å². The average molecular weight is 309 g/mol. The van der Waals surface area contributed by atoms with Crippen LogP contribution in [0.2, 0.25) is 0 Å². The van der Waals surface area contributed by atoms with E-state index in [0.29, 0.717) is 11.6 Å². The van der Waals surface area contributed by atoms with Gasteiger partial charge in [0, 0.05) is 31.2 Å². The molecular formula is C16H24FN3S. The molecule has 1 aromatic carbocycles. The molecule has 0 bridgehead atoms. The lowest BCUT2D eigenvalue weighted by Crippen LogP contribution is -2.39. The summed E-state index contributed by atoms with van der Waals surface area (Å²) in [5.74, 6) is -0.339. The van der Waals surface area contributed by atoms with Crippen LogP contribution in [-0.2, 0) is 6.54 Å². The van der Waals surface area contributed by atoms with Crippen LogP contribution < -0.4 is 5.73 Å². The summed E-state index contributed by atoms with van der Waals surface area (Å²) in [6, 6.07) is 5.63. The molecule has 2 N–H and O–H groups in total. The molecule has 1 aliphatic heterocycles. The van der Waals surface area contributed by atoms with Crippen molar-refractivity contribution in [1.29, 1.82) is 0 Å². The third-order valence-corrected chi connectivity index (χ3v) is 4.40. The van der Waals surface area contributed by atoms with Crippen LogP contribution >= 0.6 is 12.2 Å². The molecule has 5 heteroatoms. The van der Waals surface area contributed by atoms with Crippen molar-refractivity contribution in [3.63, 3.8) is 0 Å². The zero-order chi connectivity index (χ0) is 15.4. The van der Waals surface area contributed by atoms with E-state index in [1.165, 1.54) is 6.07 Å². The molecule has 0 saturated carbocycles. The lowest BCUT2D eigenvalue weighted by molar-refractivity contribution is 0.176. The van der Waals surface area contributed by atoms with Gasteiger partial charge in [-0.1, -0.05) is 25.2 Å². The molecule has 0 aromatic heterocycles. The smallest absolute Gasteiger partial charge is 0.133 e. The highest BCUT2D eigenvalue weighted by atomic mass is 32.1. The van der Waals surface area contributed by atoms with Gasteiger partial charge in [-0.25, -0.2) is 4.39 Å². The molecule has 21 heavy (non-hydrogen) atoms. The fourth-order valence-corrected chi connectivity index (χ4v) is 3.14. The molecule has 3 nitrogen and oxygen atoms in total. The Morgan fingerprint density at radius 2 is 2.19 bits per heavy atom. The minimum absolute atomic E-state index is 0.122. The number of benzene rings is 1. The summed E-state index contributed by atoms with van der Waals surface area (Å²) < 4.78 is 13.7. The number of nitrogens with zero attached hydrogens (tertiary/aromatic N) is 2. The third kappa shape index (κ3) is 4.22. The van der Waals surface area contributed by atoms with Crippen molar-refractivity contribution in [2.75, 3.05) is 26.7 Å². The molecule has 2 rings (SSSR count). The van der Waals surface area contributed by atoms with E-state index >= 15 is 0 Å². The van der Waals surface area contributed by atoms with Crippen LogP contribution in [0.25, 0.3) is 0 Å². The van der Waals surface area contributed by atoms with Crippen LogP contribution in [-0.4, -0.2) is 47.5 Å². The standard InChI is InChI=1S/C16H24FN3S/c1-3-13-11-19(2)7-4-8-20(13)10-12-5-6-15(17)14(9-12)16(18)21/h5-6,9,13H,3-4,7-8,10-11H2,1-2H3,(H2,18,21). The molecule has 1 fully saturated rings. The van der Waals surface area contributed by atoms with Crippen LogP contribution in [0.15, 0.2) is 18.2 Å². The van der Waals surface area contributed by atoms with E-state index in [2.05, 4.69) is 23.8 Å². The van der Waals surface area contributed by atoms with Crippen LogP contribution in [0.3, 0.4) is 0 Å². The quantitative estimate of drug-likeness (QED) is 0.866. The van der Waals surface area contributed by atoms with E-state index in [1.807, 2.05) is 6.07 Å². The zero-order valence-electron chi connectivity index (χ0n) is 12.8. The molecule has 0 aliphatic carbocycles. The molecule has 0 spiro atoms. The lowest BCUT2D eigenvalue weighted by atomic mass is 10.1. The van der Waals surface area contributed by atoms with Gasteiger partial charge < -0.3 is 10.6 Å². The Morgan fingerprint density at radius 1 is 1.43 bits per heavy atom. The van der Waals surface area contributed by atoms with Crippen LogP contribution in [0.1, 0.15) is 30.9 Å². The molecule has 0 radical (unpaired) electrons. The number of likely N-dealkylation sites (N-methyl/N-ethyl adjacent to an activating group) is 1. The molecule has 1 aromatic rings. The molecule has 0 amide bonds. The van der Waals surface area contributed by atoms with Gasteiger partial charge in [0.05, 0.1) is 0 Å². The Morgan fingerprint density at radius 3 is 2.86 bits per heavy atom. The van der Waals surface area contributed by atoms with Gasteiger partial charge in [0.15, 0.2) is 0 Å². The summed E-state index contributed by atoms with van der Waals surface area (Å²) >= 11 is 4.91. The minimum atomic E-state index is -0.339. The lowest BCUT2D eigenvalue weighted by Gasteiger charge is -2.30. The Kier molecular flexibility index (Phi) is 5.67. The fraction of sp³-hybridized carbons (Fsp3) is 0.562. The second-order valence-corrected chi connectivity index (χ2v) is 6.27. The van der Waals surface area contributed by atoms with E-state index in [4.69, 9.17) is 18.0 Å². The maximum absolute atomic E-state index is 13.7. The van der Waals surface area contributed by atoms with Crippen molar-refractivity contribution >= 4 is 17.2 Å². The summed E-state index contributed by atoms with van der Waals surface area (Å²) in [5.41, 5.74) is 7.01. The average Bonchev–Trinajstić information content (AvgIpc) is 2.62. The van der Waals surface area contributed by atoms with Crippen LogP contribution in [0, 0.1) is 5.82 Å².